The minimum absolute atomic E-state index is 0.00497. The number of ether oxygens (including phenoxy) is 2. The quantitative estimate of drug-likeness (QED) is 0.424. The van der Waals surface area contributed by atoms with Gasteiger partial charge in [-0.15, -0.1) is 0 Å². The number of fused-ring (bicyclic) bond motifs is 3. The van der Waals surface area contributed by atoms with E-state index in [4.69, 9.17) is 14.6 Å². The van der Waals surface area contributed by atoms with Crippen molar-refractivity contribution >= 4 is 18.0 Å². The van der Waals surface area contributed by atoms with Crippen LogP contribution in [0.3, 0.4) is 0 Å². The van der Waals surface area contributed by atoms with Crippen molar-refractivity contribution in [3.63, 3.8) is 0 Å². The molecule has 8 nitrogen and oxygen atoms in total. The third kappa shape index (κ3) is 7.05. The summed E-state index contributed by atoms with van der Waals surface area (Å²) in [6, 6.07) is 16.2. The molecule has 0 saturated carbocycles. The molecule has 35 heavy (non-hydrogen) atoms. The Bertz CT molecular complexity index is 992. The zero-order valence-corrected chi connectivity index (χ0v) is 20.5. The van der Waals surface area contributed by atoms with Gasteiger partial charge in [-0.2, -0.15) is 0 Å². The number of nitrogens with one attached hydrogen (secondary N) is 2. The number of carboxylic acids is 1. The van der Waals surface area contributed by atoms with E-state index in [-0.39, 0.29) is 56.2 Å². The number of hydrogen-bond acceptors (Lipinski definition) is 5. The molecule has 3 N–H and O–H groups in total. The first-order valence-corrected chi connectivity index (χ1v) is 11.9. The molecule has 2 unspecified atom stereocenters. The largest absolute Gasteiger partial charge is 0.481 e. The summed E-state index contributed by atoms with van der Waals surface area (Å²) in [4.78, 5) is 35.7. The van der Waals surface area contributed by atoms with E-state index in [1.54, 1.807) is 0 Å². The second-order valence-electron chi connectivity index (χ2n) is 9.17. The molecule has 0 aliphatic heterocycles. The van der Waals surface area contributed by atoms with E-state index < -0.39 is 18.2 Å². The van der Waals surface area contributed by atoms with Gasteiger partial charge in [-0.25, -0.2) is 4.79 Å². The van der Waals surface area contributed by atoms with Gasteiger partial charge >= 0.3 is 12.1 Å². The van der Waals surface area contributed by atoms with Crippen LogP contribution < -0.4 is 10.6 Å². The second-order valence-corrected chi connectivity index (χ2v) is 9.17. The van der Waals surface area contributed by atoms with E-state index >= 15 is 0 Å². The fraction of sp³-hybridized carbons (Fsp3) is 0.444. The maximum absolute atomic E-state index is 12.4. The molecule has 188 valence electrons. The summed E-state index contributed by atoms with van der Waals surface area (Å²) in [6.07, 6.45) is -1.07. The third-order valence-corrected chi connectivity index (χ3v) is 6.51. The molecule has 0 fully saturated rings. The van der Waals surface area contributed by atoms with Crippen LogP contribution in [0.25, 0.3) is 11.1 Å². The van der Waals surface area contributed by atoms with E-state index in [1.807, 2.05) is 38.1 Å². The van der Waals surface area contributed by atoms with Crippen molar-refractivity contribution in [2.75, 3.05) is 26.8 Å². The number of alkyl carbamates (subject to hydrolysis) is 1. The molecule has 8 heteroatoms. The summed E-state index contributed by atoms with van der Waals surface area (Å²) in [6.45, 7) is 4.45. The first kappa shape index (κ1) is 26.2. The van der Waals surface area contributed by atoms with Gasteiger partial charge in [-0.3, -0.25) is 9.59 Å². The van der Waals surface area contributed by atoms with E-state index in [0.717, 1.165) is 22.3 Å². The minimum Gasteiger partial charge on any atom is -0.481 e. The number of carbonyl (C=O) groups is 3. The van der Waals surface area contributed by atoms with Crippen LogP contribution in [0.4, 0.5) is 4.79 Å². The van der Waals surface area contributed by atoms with Gasteiger partial charge in [-0.1, -0.05) is 62.4 Å². The van der Waals surface area contributed by atoms with Crippen molar-refractivity contribution in [1.29, 1.82) is 0 Å². The van der Waals surface area contributed by atoms with E-state index in [2.05, 4.69) is 34.9 Å². The van der Waals surface area contributed by atoms with Crippen molar-refractivity contribution in [1.82, 2.24) is 10.6 Å². The molecule has 1 aliphatic carbocycles. The lowest BCUT2D eigenvalue weighted by molar-refractivity contribution is -0.138. The molecule has 2 aromatic carbocycles. The smallest absolute Gasteiger partial charge is 0.407 e. The third-order valence-electron chi connectivity index (χ3n) is 6.51. The monoisotopic (exact) mass is 482 g/mol. The van der Waals surface area contributed by atoms with Crippen LogP contribution >= 0.6 is 0 Å². The first-order chi connectivity index (χ1) is 16.8. The number of carbonyl (C=O) groups excluding carboxylic acids is 2. The lowest BCUT2D eigenvalue weighted by Crippen LogP contribution is -2.39. The molecule has 0 saturated heterocycles. The number of rotatable bonds is 12. The van der Waals surface area contributed by atoms with Crippen LogP contribution in [-0.4, -0.2) is 56.0 Å². The van der Waals surface area contributed by atoms with E-state index in [9.17, 15) is 14.4 Å². The summed E-state index contributed by atoms with van der Waals surface area (Å²) >= 11 is 0. The van der Waals surface area contributed by atoms with Gasteiger partial charge in [0.25, 0.3) is 0 Å². The molecular formula is C27H34N2O6. The Morgan fingerprint density at radius 1 is 0.914 bits per heavy atom. The second kappa shape index (κ2) is 12.4. The SMILES string of the molecule is COC(CNC(=O)OCC1c2ccccc2-c2ccccc21)CC(=O)NCC(CC(=O)O)C(C)C. The van der Waals surface area contributed by atoms with Crippen molar-refractivity contribution in [2.24, 2.45) is 11.8 Å². The number of methoxy groups -OCH3 is 1. The summed E-state index contributed by atoms with van der Waals surface area (Å²) in [5, 5.41) is 14.5. The number of carboxylic acid groups (broad SMARTS) is 1. The normalized spacial score (nSPS) is 14.1. The Kier molecular flexibility index (Phi) is 9.25. The summed E-state index contributed by atoms with van der Waals surface area (Å²) in [5.41, 5.74) is 4.59. The fourth-order valence-electron chi connectivity index (χ4n) is 4.38. The molecule has 0 radical (unpaired) electrons. The van der Waals surface area contributed by atoms with Gasteiger partial charge in [0.15, 0.2) is 0 Å². The van der Waals surface area contributed by atoms with Gasteiger partial charge < -0.3 is 25.2 Å². The Labute approximate surface area is 206 Å². The number of hydrogen-bond donors (Lipinski definition) is 3. The van der Waals surface area contributed by atoms with Crippen LogP contribution in [0.5, 0.6) is 0 Å². The van der Waals surface area contributed by atoms with Crippen LogP contribution in [0.1, 0.15) is 43.7 Å². The molecule has 0 aromatic heterocycles. The Hall–Kier alpha value is -3.39. The van der Waals surface area contributed by atoms with Crippen LogP contribution in [0, 0.1) is 11.8 Å². The summed E-state index contributed by atoms with van der Waals surface area (Å²) in [5.74, 6) is -1.21. The standard InChI is InChI=1S/C27H34N2O6/c1-17(2)18(12-26(31)32)14-28-25(30)13-19(34-3)15-29-27(33)35-16-24-22-10-6-4-8-20(22)21-9-5-7-11-23(21)24/h4-11,17-19,24H,12-16H2,1-3H3,(H,28,30)(H,29,33)(H,31,32). The van der Waals surface area contributed by atoms with Crippen LogP contribution in [0.2, 0.25) is 0 Å². The predicted octanol–water partition coefficient (Wildman–Crippen LogP) is 3.79. The van der Waals surface area contributed by atoms with Gasteiger partial charge in [0, 0.05) is 26.1 Å². The molecule has 2 amide bonds. The highest BCUT2D eigenvalue weighted by molar-refractivity contribution is 5.79. The number of aliphatic carboxylic acids is 1. The molecule has 0 heterocycles. The molecule has 3 rings (SSSR count). The van der Waals surface area contributed by atoms with Crippen LogP contribution in [0.15, 0.2) is 48.5 Å². The zero-order valence-electron chi connectivity index (χ0n) is 20.5. The maximum Gasteiger partial charge on any atom is 0.407 e. The van der Waals surface area contributed by atoms with Gasteiger partial charge in [0.05, 0.1) is 18.9 Å². The highest BCUT2D eigenvalue weighted by atomic mass is 16.5. The first-order valence-electron chi connectivity index (χ1n) is 11.9. The number of benzene rings is 2. The molecule has 1 aliphatic rings. The lowest BCUT2D eigenvalue weighted by Gasteiger charge is -2.21. The van der Waals surface area contributed by atoms with Gasteiger partial charge in [0.1, 0.15) is 6.61 Å². The fourth-order valence-corrected chi connectivity index (χ4v) is 4.38. The molecule has 2 atom stereocenters. The molecule has 2 aromatic rings. The van der Waals surface area contributed by atoms with Gasteiger partial charge in [-0.05, 0) is 34.1 Å². The van der Waals surface area contributed by atoms with Crippen molar-refractivity contribution in [3.8, 4) is 11.1 Å². The summed E-state index contributed by atoms with van der Waals surface area (Å²) in [7, 11) is 1.47. The van der Waals surface area contributed by atoms with Crippen molar-refractivity contribution in [3.05, 3.63) is 59.7 Å². The van der Waals surface area contributed by atoms with Gasteiger partial charge in [0.2, 0.25) is 5.91 Å². The Morgan fingerprint density at radius 2 is 1.51 bits per heavy atom. The van der Waals surface area contributed by atoms with Crippen molar-refractivity contribution < 1.29 is 29.0 Å². The van der Waals surface area contributed by atoms with E-state index in [0.29, 0.717) is 0 Å². The van der Waals surface area contributed by atoms with Crippen LogP contribution in [-0.2, 0) is 19.1 Å². The lowest BCUT2D eigenvalue weighted by atomic mass is 9.92. The average Bonchev–Trinajstić information content (AvgIpc) is 3.16. The minimum atomic E-state index is -0.889. The zero-order chi connectivity index (χ0) is 25.4. The molecule has 0 bridgehead atoms. The molecule has 0 spiro atoms. The van der Waals surface area contributed by atoms with E-state index in [1.165, 1.54) is 7.11 Å². The number of amides is 2. The average molecular weight is 483 g/mol. The summed E-state index contributed by atoms with van der Waals surface area (Å²) < 4.78 is 10.9. The Balaban J connectivity index is 1.46. The van der Waals surface area contributed by atoms with Crippen molar-refractivity contribution in [2.45, 2.75) is 38.7 Å². The highest BCUT2D eigenvalue weighted by Gasteiger charge is 2.29. The molecular weight excluding hydrogens is 448 g/mol. The highest BCUT2D eigenvalue weighted by Crippen LogP contribution is 2.44. The Morgan fingerprint density at radius 3 is 2.06 bits per heavy atom. The maximum atomic E-state index is 12.4. The predicted molar refractivity (Wildman–Crippen MR) is 132 cm³/mol. The topological polar surface area (TPSA) is 114 Å².